The number of benzene rings is 2. The molecule has 28 heavy (non-hydrogen) atoms. The number of rotatable bonds is 6. The Morgan fingerprint density at radius 3 is 2.36 bits per heavy atom. The third-order valence-electron chi connectivity index (χ3n) is 5.48. The summed E-state index contributed by atoms with van der Waals surface area (Å²) in [5.74, 6) is 0.0352. The molecular weight excluding hydrogens is 346 g/mol. The van der Waals surface area contributed by atoms with Crippen LogP contribution in [0.4, 0.5) is 11.4 Å². The van der Waals surface area contributed by atoms with Gasteiger partial charge in [-0.25, -0.2) is 0 Å². The number of para-hydroxylation sites is 1. The lowest BCUT2D eigenvalue weighted by molar-refractivity contribution is -0.117. The lowest BCUT2D eigenvalue weighted by atomic mass is 10.1. The number of nitrogens with zero attached hydrogens (tertiary/aromatic N) is 2. The third-order valence-corrected chi connectivity index (χ3v) is 5.48. The maximum absolute atomic E-state index is 12.6. The molecule has 0 bridgehead atoms. The molecule has 2 aromatic rings. The Morgan fingerprint density at radius 1 is 1.04 bits per heavy atom. The number of carbonyl (C=O) groups excluding carboxylic acids is 1. The van der Waals surface area contributed by atoms with Crippen LogP contribution in [-0.2, 0) is 11.3 Å². The largest absolute Gasteiger partial charge is 0.371 e. The second-order valence-electron chi connectivity index (χ2n) is 8.17. The number of hydrogen-bond donors (Lipinski definition) is 1. The molecular formula is C24H33N3O. The summed E-state index contributed by atoms with van der Waals surface area (Å²) in [5.41, 5.74) is 7.01. The van der Waals surface area contributed by atoms with Gasteiger partial charge >= 0.3 is 0 Å². The smallest absolute Gasteiger partial charge is 0.238 e. The van der Waals surface area contributed by atoms with Gasteiger partial charge in [-0.3, -0.25) is 9.69 Å². The van der Waals surface area contributed by atoms with E-state index in [0.29, 0.717) is 6.54 Å². The monoisotopic (exact) mass is 379 g/mol. The molecule has 0 unspecified atom stereocenters. The fraction of sp³-hybridized carbons (Fsp3) is 0.458. The molecule has 1 aliphatic heterocycles. The summed E-state index contributed by atoms with van der Waals surface area (Å²) in [6.45, 7) is 9.59. The number of anilines is 2. The van der Waals surface area contributed by atoms with Gasteiger partial charge in [0.1, 0.15) is 0 Å². The molecule has 0 aliphatic carbocycles. The minimum atomic E-state index is 0.0352. The Balaban J connectivity index is 1.63. The number of aryl methyl sites for hydroxylation is 3. The summed E-state index contributed by atoms with van der Waals surface area (Å²) in [6.07, 6.45) is 3.86. The van der Waals surface area contributed by atoms with Gasteiger partial charge in [-0.05, 0) is 69.8 Å². The van der Waals surface area contributed by atoms with Gasteiger partial charge in [0.25, 0.3) is 0 Å². The van der Waals surface area contributed by atoms with Crippen molar-refractivity contribution in [2.24, 2.45) is 0 Å². The maximum atomic E-state index is 12.6. The highest BCUT2D eigenvalue weighted by atomic mass is 16.2. The lowest BCUT2D eigenvalue weighted by Gasteiger charge is -2.31. The Bertz CT molecular complexity index is 801. The number of carbonyl (C=O) groups is 1. The van der Waals surface area contributed by atoms with Crippen LogP contribution in [0.15, 0.2) is 36.4 Å². The van der Waals surface area contributed by atoms with Crippen LogP contribution >= 0.6 is 0 Å². The van der Waals surface area contributed by atoms with Crippen LogP contribution in [0.1, 0.15) is 41.5 Å². The molecule has 0 saturated carbocycles. The second kappa shape index (κ2) is 9.24. The second-order valence-corrected chi connectivity index (χ2v) is 8.17. The van der Waals surface area contributed by atoms with Crippen LogP contribution < -0.4 is 10.2 Å². The first-order chi connectivity index (χ1) is 13.4. The first-order valence-corrected chi connectivity index (χ1v) is 10.3. The number of amides is 1. The van der Waals surface area contributed by atoms with Gasteiger partial charge in [0.2, 0.25) is 5.91 Å². The maximum Gasteiger partial charge on any atom is 0.238 e. The fourth-order valence-corrected chi connectivity index (χ4v) is 4.24. The normalized spacial score (nSPS) is 14.4. The zero-order valence-corrected chi connectivity index (χ0v) is 17.7. The number of likely N-dealkylation sites (N-methyl/N-ethyl adjacent to an activating group) is 1. The van der Waals surface area contributed by atoms with Crippen LogP contribution in [0.3, 0.4) is 0 Å². The van der Waals surface area contributed by atoms with Crippen molar-refractivity contribution < 1.29 is 4.79 Å². The summed E-state index contributed by atoms with van der Waals surface area (Å²) in [7, 11) is 2.02. The van der Waals surface area contributed by atoms with Crippen molar-refractivity contribution >= 4 is 17.3 Å². The van der Waals surface area contributed by atoms with E-state index < -0.39 is 0 Å². The van der Waals surface area contributed by atoms with E-state index in [1.54, 1.807) is 0 Å². The Hall–Kier alpha value is -2.33. The summed E-state index contributed by atoms with van der Waals surface area (Å²) < 4.78 is 0. The fourth-order valence-electron chi connectivity index (χ4n) is 4.24. The Morgan fingerprint density at radius 2 is 1.68 bits per heavy atom. The zero-order chi connectivity index (χ0) is 20.1. The summed E-state index contributed by atoms with van der Waals surface area (Å²) in [4.78, 5) is 17.2. The minimum Gasteiger partial charge on any atom is -0.371 e. The Labute approximate surface area is 169 Å². The first-order valence-electron chi connectivity index (χ1n) is 10.3. The van der Waals surface area contributed by atoms with E-state index in [0.717, 1.165) is 36.4 Å². The first kappa shape index (κ1) is 20.4. The molecule has 0 spiro atoms. The number of hydrogen-bond acceptors (Lipinski definition) is 3. The molecule has 1 fully saturated rings. The van der Waals surface area contributed by atoms with Crippen molar-refractivity contribution in [3.8, 4) is 0 Å². The average molecular weight is 380 g/mol. The highest BCUT2D eigenvalue weighted by Crippen LogP contribution is 2.25. The molecule has 0 radical (unpaired) electrons. The van der Waals surface area contributed by atoms with E-state index in [9.17, 15) is 4.79 Å². The van der Waals surface area contributed by atoms with E-state index in [1.807, 2.05) is 20.9 Å². The van der Waals surface area contributed by atoms with Gasteiger partial charge in [-0.15, -0.1) is 0 Å². The molecule has 0 atom stereocenters. The molecule has 1 amide bonds. The highest BCUT2D eigenvalue weighted by Gasteiger charge is 2.16. The van der Waals surface area contributed by atoms with Gasteiger partial charge in [0, 0.05) is 31.0 Å². The predicted molar refractivity (Wildman–Crippen MR) is 118 cm³/mol. The highest BCUT2D eigenvalue weighted by molar-refractivity contribution is 5.93. The molecule has 0 aromatic heterocycles. The lowest BCUT2D eigenvalue weighted by Crippen LogP contribution is -2.33. The standard InChI is InChI=1S/C24H33N3O/c1-18-14-19(2)24(20(3)15-18)25-23(28)17-26(4)16-21-10-6-7-11-22(21)27-12-8-5-9-13-27/h6-7,10-11,14-15H,5,8-9,12-13,16-17H2,1-4H3,(H,25,28). The summed E-state index contributed by atoms with van der Waals surface area (Å²) in [6, 6.07) is 12.8. The van der Waals surface area contributed by atoms with E-state index >= 15 is 0 Å². The van der Waals surface area contributed by atoms with Crippen LogP contribution in [0, 0.1) is 20.8 Å². The predicted octanol–water partition coefficient (Wildman–Crippen LogP) is 4.67. The Kier molecular flexibility index (Phi) is 6.74. The molecule has 1 aliphatic rings. The number of nitrogens with one attached hydrogen (secondary N) is 1. The third kappa shape index (κ3) is 5.14. The molecule has 1 heterocycles. The van der Waals surface area contributed by atoms with Gasteiger partial charge in [-0.2, -0.15) is 0 Å². The minimum absolute atomic E-state index is 0.0352. The molecule has 4 nitrogen and oxygen atoms in total. The van der Waals surface area contributed by atoms with E-state index in [2.05, 4.69) is 58.4 Å². The van der Waals surface area contributed by atoms with E-state index in [1.165, 1.54) is 36.1 Å². The SMILES string of the molecule is Cc1cc(C)c(NC(=O)CN(C)Cc2ccccc2N2CCCCC2)c(C)c1. The van der Waals surface area contributed by atoms with E-state index in [4.69, 9.17) is 0 Å². The van der Waals surface area contributed by atoms with Crippen LogP contribution in [0.2, 0.25) is 0 Å². The van der Waals surface area contributed by atoms with Crippen molar-refractivity contribution in [3.63, 3.8) is 0 Å². The van der Waals surface area contributed by atoms with Crippen molar-refractivity contribution in [2.75, 3.05) is 36.9 Å². The van der Waals surface area contributed by atoms with Crippen molar-refractivity contribution in [2.45, 2.75) is 46.6 Å². The molecule has 4 heteroatoms. The molecule has 2 aromatic carbocycles. The average Bonchev–Trinajstić information content (AvgIpc) is 2.65. The van der Waals surface area contributed by atoms with Crippen molar-refractivity contribution in [1.29, 1.82) is 0 Å². The van der Waals surface area contributed by atoms with Crippen LogP contribution in [0.5, 0.6) is 0 Å². The summed E-state index contributed by atoms with van der Waals surface area (Å²) in [5, 5.41) is 3.11. The van der Waals surface area contributed by atoms with Crippen molar-refractivity contribution in [1.82, 2.24) is 4.90 Å². The van der Waals surface area contributed by atoms with E-state index in [-0.39, 0.29) is 5.91 Å². The molecule has 150 valence electrons. The summed E-state index contributed by atoms with van der Waals surface area (Å²) >= 11 is 0. The molecule has 1 N–H and O–H groups in total. The zero-order valence-electron chi connectivity index (χ0n) is 17.7. The molecule has 3 rings (SSSR count). The van der Waals surface area contributed by atoms with Crippen LogP contribution in [0.25, 0.3) is 0 Å². The van der Waals surface area contributed by atoms with Gasteiger partial charge in [0.15, 0.2) is 0 Å². The van der Waals surface area contributed by atoms with Crippen molar-refractivity contribution in [3.05, 3.63) is 58.7 Å². The topological polar surface area (TPSA) is 35.6 Å². The quantitative estimate of drug-likeness (QED) is 0.792. The van der Waals surface area contributed by atoms with Crippen LogP contribution in [-0.4, -0.2) is 37.5 Å². The van der Waals surface area contributed by atoms with Gasteiger partial charge in [0.05, 0.1) is 6.54 Å². The molecule has 1 saturated heterocycles. The van der Waals surface area contributed by atoms with Gasteiger partial charge in [-0.1, -0.05) is 35.9 Å². The number of piperidine rings is 1. The van der Waals surface area contributed by atoms with Gasteiger partial charge < -0.3 is 10.2 Å².